The van der Waals surface area contributed by atoms with Crippen molar-refractivity contribution in [2.24, 2.45) is 0 Å². The van der Waals surface area contributed by atoms with Crippen LogP contribution in [0.15, 0.2) is 24.3 Å². The summed E-state index contributed by atoms with van der Waals surface area (Å²) in [5, 5.41) is 0. The zero-order valence-electron chi connectivity index (χ0n) is 11.3. The highest BCUT2D eigenvalue weighted by Crippen LogP contribution is 2.27. The Balaban J connectivity index is 2.19. The van der Waals surface area contributed by atoms with Crippen LogP contribution in [-0.2, 0) is 15.8 Å². The summed E-state index contributed by atoms with van der Waals surface area (Å²) in [5.74, 6) is -0.400. The third-order valence-corrected chi connectivity index (χ3v) is 5.76. The van der Waals surface area contributed by atoms with Gasteiger partial charge in [-0.2, -0.15) is 4.31 Å². The lowest BCUT2D eigenvalue weighted by Crippen LogP contribution is -2.47. The minimum Gasteiger partial charge on any atom is -0.212 e. The lowest BCUT2D eigenvalue weighted by atomic mass is 10.0. The van der Waals surface area contributed by atoms with E-state index in [9.17, 15) is 12.8 Å². The molecule has 1 aromatic rings. The highest BCUT2D eigenvalue weighted by atomic mass is 32.2. The molecule has 0 bridgehead atoms. The Morgan fingerprint density at radius 2 is 1.68 bits per heavy atom. The number of rotatable bonds is 3. The third kappa shape index (κ3) is 3.34. The van der Waals surface area contributed by atoms with E-state index >= 15 is 0 Å². The van der Waals surface area contributed by atoms with Crippen LogP contribution in [0.4, 0.5) is 4.39 Å². The first-order valence-electron chi connectivity index (χ1n) is 6.66. The van der Waals surface area contributed by atoms with Crippen LogP contribution in [0, 0.1) is 5.82 Å². The molecule has 0 aliphatic carbocycles. The first kappa shape index (κ1) is 14.5. The average molecular weight is 285 g/mol. The van der Waals surface area contributed by atoms with E-state index in [1.807, 2.05) is 13.8 Å². The van der Waals surface area contributed by atoms with Crippen molar-refractivity contribution < 1.29 is 12.8 Å². The molecule has 0 amide bonds. The Hall–Kier alpha value is -0.940. The van der Waals surface area contributed by atoms with E-state index in [0.717, 1.165) is 19.3 Å². The van der Waals surface area contributed by atoms with Gasteiger partial charge in [0.2, 0.25) is 10.0 Å². The van der Waals surface area contributed by atoms with Gasteiger partial charge in [-0.3, -0.25) is 0 Å². The topological polar surface area (TPSA) is 37.4 Å². The van der Waals surface area contributed by atoms with E-state index in [0.29, 0.717) is 5.56 Å². The first-order chi connectivity index (χ1) is 8.90. The average Bonchev–Trinajstić information content (AvgIpc) is 2.31. The third-order valence-electron chi connectivity index (χ3n) is 3.70. The van der Waals surface area contributed by atoms with Crippen molar-refractivity contribution in [3.05, 3.63) is 35.6 Å². The van der Waals surface area contributed by atoms with Crippen LogP contribution in [0.3, 0.4) is 0 Å². The second kappa shape index (κ2) is 5.59. The molecule has 1 aromatic carbocycles. The maximum Gasteiger partial charge on any atom is 0.218 e. The molecular weight excluding hydrogens is 265 g/mol. The predicted octanol–water partition coefficient (Wildman–Crippen LogP) is 2.92. The molecule has 2 rings (SSSR count). The minimum absolute atomic E-state index is 0.0502. The number of piperidine rings is 1. The van der Waals surface area contributed by atoms with Crippen LogP contribution in [0.1, 0.15) is 38.7 Å². The molecule has 1 aliphatic rings. The zero-order chi connectivity index (χ0) is 14.0. The number of hydrogen-bond acceptors (Lipinski definition) is 2. The highest BCUT2D eigenvalue weighted by Gasteiger charge is 2.34. The molecule has 1 fully saturated rings. The second-order valence-corrected chi connectivity index (χ2v) is 7.22. The molecule has 19 heavy (non-hydrogen) atoms. The van der Waals surface area contributed by atoms with Crippen molar-refractivity contribution in [2.45, 2.75) is 50.9 Å². The van der Waals surface area contributed by atoms with Gasteiger partial charge in [-0.1, -0.05) is 18.6 Å². The highest BCUT2D eigenvalue weighted by molar-refractivity contribution is 7.88. The van der Waals surface area contributed by atoms with Crippen LogP contribution in [-0.4, -0.2) is 24.8 Å². The van der Waals surface area contributed by atoms with E-state index in [1.54, 1.807) is 4.31 Å². The summed E-state index contributed by atoms with van der Waals surface area (Å²) in [4.78, 5) is 0. The molecule has 0 aromatic heterocycles. The van der Waals surface area contributed by atoms with Gasteiger partial charge < -0.3 is 0 Å². The maximum atomic E-state index is 12.8. The summed E-state index contributed by atoms with van der Waals surface area (Å²) in [6.45, 7) is 3.91. The molecule has 1 saturated heterocycles. The molecule has 2 unspecified atom stereocenters. The van der Waals surface area contributed by atoms with Gasteiger partial charge in [0.15, 0.2) is 0 Å². The summed E-state index contributed by atoms with van der Waals surface area (Å²) in [6, 6.07) is 5.77. The number of nitrogens with zero attached hydrogens (tertiary/aromatic N) is 1. The molecule has 1 heterocycles. The van der Waals surface area contributed by atoms with Crippen molar-refractivity contribution in [3.8, 4) is 0 Å². The van der Waals surface area contributed by atoms with E-state index in [4.69, 9.17) is 0 Å². The number of hydrogen-bond donors (Lipinski definition) is 0. The monoisotopic (exact) mass is 285 g/mol. The zero-order valence-corrected chi connectivity index (χ0v) is 12.2. The van der Waals surface area contributed by atoms with Crippen molar-refractivity contribution in [2.75, 3.05) is 0 Å². The smallest absolute Gasteiger partial charge is 0.212 e. The molecule has 0 spiro atoms. The van der Waals surface area contributed by atoms with Crippen molar-refractivity contribution in [1.82, 2.24) is 4.31 Å². The number of halogens is 1. The fourth-order valence-corrected chi connectivity index (χ4v) is 4.88. The molecular formula is C14H20FNO2S. The Bertz CT molecular complexity index is 517. The minimum atomic E-state index is -3.34. The second-order valence-electron chi connectivity index (χ2n) is 5.34. The Kier molecular flexibility index (Phi) is 4.26. The van der Waals surface area contributed by atoms with Crippen LogP contribution >= 0.6 is 0 Å². The molecule has 106 valence electrons. The van der Waals surface area contributed by atoms with E-state index < -0.39 is 10.0 Å². The fraction of sp³-hybridized carbons (Fsp3) is 0.571. The molecule has 0 N–H and O–H groups in total. The van der Waals surface area contributed by atoms with Gasteiger partial charge in [0.1, 0.15) is 5.82 Å². The van der Waals surface area contributed by atoms with Crippen LogP contribution in [0.2, 0.25) is 0 Å². The largest absolute Gasteiger partial charge is 0.218 e. The van der Waals surface area contributed by atoms with Crippen LogP contribution in [0.5, 0.6) is 0 Å². The Morgan fingerprint density at radius 1 is 1.16 bits per heavy atom. The predicted molar refractivity (Wildman–Crippen MR) is 73.6 cm³/mol. The standard InChI is InChI=1S/C14H20FNO2S/c1-11-4-3-5-12(2)16(11)19(17,18)10-13-6-8-14(15)9-7-13/h6-9,11-12H,3-5,10H2,1-2H3. The summed E-state index contributed by atoms with van der Waals surface area (Å²) >= 11 is 0. The fourth-order valence-electron chi connectivity index (χ4n) is 2.81. The molecule has 0 saturated carbocycles. The molecule has 1 aliphatic heterocycles. The summed E-state index contributed by atoms with van der Waals surface area (Å²) in [5.41, 5.74) is 0.631. The summed E-state index contributed by atoms with van der Waals surface area (Å²) < 4.78 is 39.4. The molecule has 5 heteroatoms. The molecule has 2 atom stereocenters. The number of benzene rings is 1. The molecule has 0 radical (unpaired) electrons. The van der Waals surface area contributed by atoms with Gasteiger partial charge in [0, 0.05) is 12.1 Å². The van der Waals surface area contributed by atoms with Crippen molar-refractivity contribution in [3.63, 3.8) is 0 Å². The molecule has 3 nitrogen and oxygen atoms in total. The normalized spacial score (nSPS) is 25.4. The van der Waals surface area contributed by atoms with Gasteiger partial charge in [0.05, 0.1) is 5.75 Å². The maximum absolute atomic E-state index is 12.8. The lowest BCUT2D eigenvalue weighted by molar-refractivity contribution is 0.204. The van der Waals surface area contributed by atoms with Crippen LogP contribution < -0.4 is 0 Å². The SMILES string of the molecule is CC1CCCC(C)N1S(=O)(=O)Cc1ccc(F)cc1. The lowest BCUT2D eigenvalue weighted by Gasteiger charge is -2.37. The number of sulfonamides is 1. The van der Waals surface area contributed by atoms with E-state index in [-0.39, 0.29) is 23.7 Å². The Labute approximate surface area is 114 Å². The van der Waals surface area contributed by atoms with Crippen LogP contribution in [0.25, 0.3) is 0 Å². The van der Waals surface area contributed by atoms with Gasteiger partial charge in [0.25, 0.3) is 0 Å². The van der Waals surface area contributed by atoms with Gasteiger partial charge in [-0.15, -0.1) is 0 Å². The van der Waals surface area contributed by atoms with Crippen molar-refractivity contribution in [1.29, 1.82) is 0 Å². The van der Waals surface area contributed by atoms with Crippen molar-refractivity contribution >= 4 is 10.0 Å². The first-order valence-corrected chi connectivity index (χ1v) is 8.27. The van der Waals surface area contributed by atoms with Gasteiger partial charge in [-0.05, 0) is 44.4 Å². The van der Waals surface area contributed by atoms with E-state index in [1.165, 1.54) is 24.3 Å². The van der Waals surface area contributed by atoms with E-state index in [2.05, 4.69) is 0 Å². The van der Waals surface area contributed by atoms with Gasteiger partial charge in [-0.25, -0.2) is 12.8 Å². The van der Waals surface area contributed by atoms with Gasteiger partial charge >= 0.3 is 0 Å². The summed E-state index contributed by atoms with van der Waals surface area (Å²) in [6.07, 6.45) is 2.89. The Morgan fingerprint density at radius 3 is 2.21 bits per heavy atom. The quantitative estimate of drug-likeness (QED) is 0.856. The summed E-state index contributed by atoms with van der Waals surface area (Å²) in [7, 11) is -3.34.